The van der Waals surface area contributed by atoms with Gasteiger partial charge in [0.25, 0.3) is 0 Å². The van der Waals surface area contributed by atoms with Gasteiger partial charge in [0.1, 0.15) is 0 Å². The molecule has 0 radical (unpaired) electrons. The lowest BCUT2D eigenvalue weighted by molar-refractivity contribution is -0.00759. The Morgan fingerprint density at radius 3 is 2.20 bits per heavy atom. The predicted octanol–water partition coefficient (Wildman–Crippen LogP) is 1.89. The molecule has 0 atom stereocenters. The zero-order valence-corrected chi connectivity index (χ0v) is 10.9. The third-order valence-corrected chi connectivity index (χ3v) is 2.80. The molecule has 0 aliphatic carbocycles. The Bertz CT molecular complexity index is 156. The molecule has 0 aliphatic heterocycles. The minimum atomic E-state index is -0.535. The molecule has 0 spiro atoms. The average molecular weight is 217 g/mol. The van der Waals surface area contributed by atoms with Crippen LogP contribution in [-0.4, -0.2) is 48.5 Å². The Balaban J connectivity index is 3.76. The Labute approximate surface area is 94.4 Å². The van der Waals surface area contributed by atoms with Gasteiger partial charge in [-0.2, -0.15) is 0 Å². The molecule has 0 aromatic rings. The van der Waals surface area contributed by atoms with Crippen LogP contribution >= 0.6 is 0 Å². The molecule has 0 aromatic heterocycles. The molecule has 0 heterocycles. The van der Waals surface area contributed by atoms with Crippen molar-refractivity contribution < 1.29 is 9.84 Å². The van der Waals surface area contributed by atoms with Crippen LogP contribution in [0.1, 0.15) is 40.5 Å². The summed E-state index contributed by atoms with van der Waals surface area (Å²) < 4.78 is 5.47. The second-order valence-corrected chi connectivity index (χ2v) is 4.59. The molecule has 92 valence electrons. The number of hydrogen-bond donors (Lipinski definition) is 1. The van der Waals surface area contributed by atoms with Crippen molar-refractivity contribution >= 4 is 0 Å². The molecule has 0 unspecified atom stereocenters. The van der Waals surface area contributed by atoms with E-state index in [0.717, 1.165) is 32.5 Å². The molecule has 0 rings (SSSR count). The van der Waals surface area contributed by atoms with Gasteiger partial charge >= 0.3 is 0 Å². The first-order valence-electron chi connectivity index (χ1n) is 5.96. The van der Waals surface area contributed by atoms with E-state index in [4.69, 9.17) is 4.74 Å². The molecule has 0 saturated heterocycles. The molecule has 0 aliphatic rings. The summed E-state index contributed by atoms with van der Waals surface area (Å²) in [7, 11) is 2.03. The van der Waals surface area contributed by atoms with Gasteiger partial charge in [0.2, 0.25) is 0 Å². The zero-order valence-electron chi connectivity index (χ0n) is 10.9. The summed E-state index contributed by atoms with van der Waals surface area (Å²) in [6, 6.07) is 0. The van der Waals surface area contributed by atoms with Crippen LogP contribution in [0.5, 0.6) is 0 Å². The van der Waals surface area contributed by atoms with Crippen molar-refractivity contribution in [3.63, 3.8) is 0 Å². The maximum absolute atomic E-state index is 10.1. The van der Waals surface area contributed by atoms with E-state index in [1.165, 1.54) is 0 Å². The number of hydrogen-bond acceptors (Lipinski definition) is 3. The fraction of sp³-hybridized carbons (Fsp3) is 1.00. The van der Waals surface area contributed by atoms with Gasteiger partial charge in [-0.05, 0) is 33.7 Å². The number of aliphatic hydroxyl groups is 1. The molecule has 1 N–H and O–H groups in total. The van der Waals surface area contributed by atoms with Crippen LogP contribution in [0, 0.1) is 0 Å². The van der Waals surface area contributed by atoms with E-state index in [-0.39, 0.29) is 6.10 Å². The molecule has 3 nitrogen and oxygen atoms in total. The van der Waals surface area contributed by atoms with Gasteiger partial charge in [0.05, 0.1) is 18.3 Å². The third-order valence-electron chi connectivity index (χ3n) is 2.80. The van der Waals surface area contributed by atoms with Gasteiger partial charge in [0.15, 0.2) is 0 Å². The topological polar surface area (TPSA) is 32.7 Å². The Morgan fingerprint density at radius 2 is 1.80 bits per heavy atom. The molecule has 0 bridgehead atoms. The van der Waals surface area contributed by atoms with Gasteiger partial charge in [-0.15, -0.1) is 0 Å². The quantitative estimate of drug-likeness (QED) is 0.674. The van der Waals surface area contributed by atoms with E-state index in [2.05, 4.69) is 4.90 Å². The highest BCUT2D eigenvalue weighted by Crippen LogP contribution is 2.15. The molecular formula is C12H27NO2. The lowest BCUT2D eigenvalue weighted by Crippen LogP contribution is -2.41. The lowest BCUT2D eigenvalue weighted by Gasteiger charge is -2.30. The summed E-state index contributed by atoms with van der Waals surface area (Å²) in [6.07, 6.45) is 1.90. The second kappa shape index (κ2) is 7.20. The molecule has 15 heavy (non-hydrogen) atoms. The number of nitrogens with zero attached hydrogens (tertiary/aromatic N) is 1. The fourth-order valence-electron chi connectivity index (χ4n) is 1.50. The van der Waals surface area contributed by atoms with Gasteiger partial charge in [-0.25, -0.2) is 0 Å². The maximum Gasteiger partial charge on any atom is 0.0768 e. The first-order chi connectivity index (χ1) is 6.93. The van der Waals surface area contributed by atoms with Crippen molar-refractivity contribution in [2.75, 3.05) is 26.7 Å². The maximum atomic E-state index is 10.1. The summed E-state index contributed by atoms with van der Waals surface area (Å²) in [6.45, 7) is 10.5. The van der Waals surface area contributed by atoms with Crippen LogP contribution in [0.2, 0.25) is 0 Å². The van der Waals surface area contributed by atoms with E-state index < -0.39 is 5.60 Å². The van der Waals surface area contributed by atoms with Crippen LogP contribution in [0.25, 0.3) is 0 Å². The van der Waals surface area contributed by atoms with Crippen LogP contribution in [0.15, 0.2) is 0 Å². The largest absolute Gasteiger partial charge is 0.389 e. The molecule has 0 saturated carbocycles. The first kappa shape index (κ1) is 14.9. The minimum Gasteiger partial charge on any atom is -0.389 e. The van der Waals surface area contributed by atoms with Crippen LogP contribution in [0.3, 0.4) is 0 Å². The summed E-state index contributed by atoms with van der Waals surface area (Å²) >= 11 is 0. The highest BCUT2D eigenvalue weighted by atomic mass is 16.5. The molecule has 0 aromatic carbocycles. The molecular weight excluding hydrogens is 190 g/mol. The summed E-state index contributed by atoms with van der Waals surface area (Å²) in [5.74, 6) is 0. The van der Waals surface area contributed by atoms with Crippen LogP contribution in [0.4, 0.5) is 0 Å². The van der Waals surface area contributed by atoms with Crippen molar-refractivity contribution in [2.45, 2.75) is 52.2 Å². The zero-order chi connectivity index (χ0) is 11.9. The number of rotatable bonds is 8. The van der Waals surface area contributed by atoms with Crippen molar-refractivity contribution in [3.8, 4) is 0 Å². The monoisotopic (exact) mass is 217 g/mol. The first-order valence-corrected chi connectivity index (χ1v) is 5.96. The van der Waals surface area contributed by atoms with E-state index in [9.17, 15) is 5.11 Å². The van der Waals surface area contributed by atoms with Gasteiger partial charge in [-0.1, -0.05) is 13.8 Å². The Hall–Kier alpha value is -0.120. The van der Waals surface area contributed by atoms with E-state index in [1.807, 2.05) is 34.7 Å². The SMILES string of the molecule is CCC(O)(CC)CN(C)CCOC(C)C. The van der Waals surface area contributed by atoms with Crippen LogP contribution in [-0.2, 0) is 4.74 Å². The Kier molecular flexibility index (Phi) is 7.14. The van der Waals surface area contributed by atoms with Crippen molar-refractivity contribution in [1.29, 1.82) is 0 Å². The van der Waals surface area contributed by atoms with Crippen molar-refractivity contribution in [2.24, 2.45) is 0 Å². The average Bonchev–Trinajstić information content (AvgIpc) is 2.17. The van der Waals surface area contributed by atoms with Gasteiger partial charge in [-0.3, -0.25) is 0 Å². The molecule has 3 heteroatoms. The predicted molar refractivity (Wildman–Crippen MR) is 64.1 cm³/mol. The summed E-state index contributed by atoms with van der Waals surface area (Å²) in [4.78, 5) is 2.13. The highest BCUT2D eigenvalue weighted by Gasteiger charge is 2.23. The second-order valence-electron chi connectivity index (χ2n) is 4.59. The van der Waals surface area contributed by atoms with Gasteiger partial charge in [0, 0.05) is 13.1 Å². The summed E-state index contributed by atoms with van der Waals surface area (Å²) in [5, 5.41) is 10.1. The molecule has 0 fully saturated rings. The van der Waals surface area contributed by atoms with Crippen molar-refractivity contribution in [1.82, 2.24) is 4.90 Å². The minimum absolute atomic E-state index is 0.287. The summed E-state index contributed by atoms with van der Waals surface area (Å²) in [5.41, 5.74) is -0.535. The number of ether oxygens (including phenoxy) is 1. The highest BCUT2D eigenvalue weighted by molar-refractivity contribution is 4.78. The smallest absolute Gasteiger partial charge is 0.0768 e. The Morgan fingerprint density at radius 1 is 1.27 bits per heavy atom. The van der Waals surface area contributed by atoms with E-state index in [0.29, 0.717) is 0 Å². The fourth-order valence-corrected chi connectivity index (χ4v) is 1.50. The van der Waals surface area contributed by atoms with E-state index >= 15 is 0 Å². The van der Waals surface area contributed by atoms with Crippen molar-refractivity contribution in [3.05, 3.63) is 0 Å². The van der Waals surface area contributed by atoms with Crippen LogP contribution < -0.4 is 0 Å². The number of likely N-dealkylation sites (N-methyl/N-ethyl adjacent to an activating group) is 1. The molecule has 0 amide bonds. The standard InChI is InChI=1S/C12H27NO2/c1-6-12(14,7-2)10-13(5)8-9-15-11(3)4/h11,14H,6-10H2,1-5H3. The lowest BCUT2D eigenvalue weighted by atomic mass is 9.97. The van der Waals surface area contributed by atoms with E-state index in [1.54, 1.807) is 0 Å². The third kappa shape index (κ3) is 6.88. The van der Waals surface area contributed by atoms with Gasteiger partial charge < -0.3 is 14.7 Å². The normalized spacial score (nSPS) is 12.8.